The van der Waals surface area contributed by atoms with Crippen LogP contribution in [-0.2, 0) is 11.3 Å². The Labute approximate surface area is 138 Å². The van der Waals surface area contributed by atoms with E-state index in [1.807, 2.05) is 30.3 Å². The Morgan fingerprint density at radius 3 is 2.50 bits per heavy atom. The molecule has 0 unspecified atom stereocenters. The number of hydrogen-bond acceptors (Lipinski definition) is 5. The fourth-order valence-electron chi connectivity index (χ4n) is 1.90. The van der Waals surface area contributed by atoms with Crippen LogP contribution < -0.4 is 16.0 Å². The van der Waals surface area contributed by atoms with Gasteiger partial charge in [0.15, 0.2) is 0 Å². The molecule has 0 radical (unpaired) electrons. The first-order chi connectivity index (χ1) is 11.5. The van der Waals surface area contributed by atoms with Crippen molar-refractivity contribution in [2.75, 3.05) is 11.9 Å². The Morgan fingerprint density at radius 1 is 1.04 bits per heavy atom. The second-order valence-electron chi connectivity index (χ2n) is 4.88. The lowest BCUT2D eigenvalue weighted by Gasteiger charge is -2.08. The number of urea groups is 1. The molecular formula is C16H16N4O4. The lowest BCUT2D eigenvalue weighted by atomic mass is 10.2. The maximum Gasteiger partial charge on any atom is 0.321 e. The van der Waals surface area contributed by atoms with Gasteiger partial charge in [-0.15, -0.1) is 0 Å². The van der Waals surface area contributed by atoms with Gasteiger partial charge in [-0.1, -0.05) is 36.4 Å². The summed E-state index contributed by atoms with van der Waals surface area (Å²) < 4.78 is 0. The van der Waals surface area contributed by atoms with Crippen molar-refractivity contribution < 1.29 is 14.5 Å². The van der Waals surface area contributed by atoms with Gasteiger partial charge in [-0.25, -0.2) is 4.79 Å². The molecule has 0 aliphatic carbocycles. The molecule has 3 amide bonds. The molecule has 2 rings (SSSR count). The third-order valence-electron chi connectivity index (χ3n) is 3.06. The van der Waals surface area contributed by atoms with Crippen LogP contribution in [0, 0.1) is 10.1 Å². The number of nitrogens with one attached hydrogen (secondary N) is 3. The van der Waals surface area contributed by atoms with E-state index in [1.54, 1.807) is 6.07 Å². The number of nitro benzene ring substituents is 1. The van der Waals surface area contributed by atoms with E-state index in [-0.39, 0.29) is 12.2 Å². The predicted octanol–water partition coefficient (Wildman–Crippen LogP) is 2.03. The van der Waals surface area contributed by atoms with Gasteiger partial charge in [-0.05, 0) is 11.6 Å². The van der Waals surface area contributed by atoms with Crippen molar-refractivity contribution in [3.8, 4) is 0 Å². The number of imide groups is 1. The molecule has 0 aliphatic rings. The van der Waals surface area contributed by atoms with Crippen molar-refractivity contribution in [3.05, 3.63) is 70.3 Å². The maximum atomic E-state index is 11.7. The van der Waals surface area contributed by atoms with Crippen LogP contribution in [0.25, 0.3) is 0 Å². The Morgan fingerprint density at radius 2 is 1.79 bits per heavy atom. The Balaban J connectivity index is 1.75. The third kappa shape index (κ3) is 5.41. The average molecular weight is 328 g/mol. The summed E-state index contributed by atoms with van der Waals surface area (Å²) in [4.78, 5) is 33.5. The number of amides is 3. The van der Waals surface area contributed by atoms with Crippen molar-refractivity contribution in [1.29, 1.82) is 0 Å². The zero-order chi connectivity index (χ0) is 17.4. The van der Waals surface area contributed by atoms with Crippen molar-refractivity contribution in [2.45, 2.75) is 6.54 Å². The van der Waals surface area contributed by atoms with Gasteiger partial charge in [0.25, 0.3) is 5.69 Å². The molecule has 0 bridgehead atoms. The van der Waals surface area contributed by atoms with E-state index < -0.39 is 16.9 Å². The SMILES string of the molecule is O=C(CNc1cccc([N+](=O)[O-])c1)NC(=O)NCc1ccccc1. The van der Waals surface area contributed by atoms with Crippen molar-refractivity contribution in [1.82, 2.24) is 10.6 Å². The summed E-state index contributed by atoms with van der Waals surface area (Å²) >= 11 is 0. The number of nitrogens with zero attached hydrogens (tertiary/aromatic N) is 1. The Bertz CT molecular complexity index is 734. The smallest absolute Gasteiger partial charge is 0.321 e. The molecule has 0 atom stereocenters. The van der Waals surface area contributed by atoms with Gasteiger partial charge in [-0.3, -0.25) is 20.2 Å². The molecule has 8 heteroatoms. The van der Waals surface area contributed by atoms with Crippen molar-refractivity contribution >= 4 is 23.3 Å². The average Bonchev–Trinajstić information content (AvgIpc) is 2.59. The maximum absolute atomic E-state index is 11.7. The first-order valence-electron chi connectivity index (χ1n) is 7.14. The van der Waals surface area contributed by atoms with Gasteiger partial charge < -0.3 is 10.6 Å². The van der Waals surface area contributed by atoms with Crippen LogP contribution in [0.2, 0.25) is 0 Å². The van der Waals surface area contributed by atoms with Gasteiger partial charge >= 0.3 is 6.03 Å². The highest BCUT2D eigenvalue weighted by molar-refractivity contribution is 5.96. The van der Waals surface area contributed by atoms with Gasteiger partial charge in [0.2, 0.25) is 5.91 Å². The van der Waals surface area contributed by atoms with E-state index in [1.165, 1.54) is 18.2 Å². The molecule has 0 heterocycles. The molecular weight excluding hydrogens is 312 g/mol. The molecule has 0 spiro atoms. The molecule has 0 saturated heterocycles. The van der Waals surface area contributed by atoms with E-state index in [0.29, 0.717) is 12.2 Å². The quantitative estimate of drug-likeness (QED) is 0.554. The minimum Gasteiger partial charge on any atom is -0.376 e. The minimum absolute atomic E-state index is 0.0824. The monoisotopic (exact) mass is 328 g/mol. The standard InChI is InChI=1S/C16H16N4O4/c21-15(11-17-13-7-4-8-14(9-13)20(23)24)19-16(22)18-10-12-5-2-1-3-6-12/h1-9,17H,10-11H2,(H2,18,19,21,22). The normalized spacial score (nSPS) is 9.83. The molecule has 3 N–H and O–H groups in total. The van der Waals surface area contributed by atoms with Crippen LogP contribution in [0.5, 0.6) is 0 Å². The molecule has 124 valence electrons. The van der Waals surface area contributed by atoms with E-state index in [4.69, 9.17) is 0 Å². The Kier molecular flexibility index (Phi) is 5.84. The Hall–Kier alpha value is -3.42. The van der Waals surface area contributed by atoms with Gasteiger partial charge in [0.05, 0.1) is 11.5 Å². The zero-order valence-corrected chi connectivity index (χ0v) is 12.7. The number of nitro groups is 1. The van der Waals surface area contributed by atoms with Crippen LogP contribution in [0.3, 0.4) is 0 Å². The third-order valence-corrected chi connectivity index (χ3v) is 3.06. The van der Waals surface area contributed by atoms with E-state index >= 15 is 0 Å². The zero-order valence-electron chi connectivity index (χ0n) is 12.7. The summed E-state index contributed by atoms with van der Waals surface area (Å²) in [5.74, 6) is -0.549. The molecule has 0 saturated carbocycles. The number of benzene rings is 2. The summed E-state index contributed by atoms with van der Waals surface area (Å²) in [6.07, 6.45) is 0. The second kappa shape index (κ2) is 8.28. The van der Waals surface area contributed by atoms with Crippen LogP contribution in [0.15, 0.2) is 54.6 Å². The van der Waals surface area contributed by atoms with Crippen LogP contribution in [-0.4, -0.2) is 23.4 Å². The number of hydrogen-bond donors (Lipinski definition) is 3. The van der Waals surface area contributed by atoms with E-state index in [9.17, 15) is 19.7 Å². The summed E-state index contributed by atoms with van der Waals surface area (Å²) in [5.41, 5.74) is 1.25. The molecule has 24 heavy (non-hydrogen) atoms. The number of non-ortho nitro benzene ring substituents is 1. The molecule has 0 fully saturated rings. The molecule has 8 nitrogen and oxygen atoms in total. The number of anilines is 1. The fourth-order valence-corrected chi connectivity index (χ4v) is 1.90. The first kappa shape index (κ1) is 16.9. The minimum atomic E-state index is -0.607. The molecule has 0 aromatic heterocycles. The first-order valence-corrected chi connectivity index (χ1v) is 7.14. The highest BCUT2D eigenvalue weighted by Crippen LogP contribution is 2.16. The summed E-state index contributed by atoms with van der Waals surface area (Å²) in [5, 5.41) is 18.1. The van der Waals surface area contributed by atoms with Crippen molar-refractivity contribution in [3.63, 3.8) is 0 Å². The molecule has 0 aliphatic heterocycles. The van der Waals surface area contributed by atoms with Gasteiger partial charge in [0.1, 0.15) is 0 Å². The lowest BCUT2D eigenvalue weighted by Crippen LogP contribution is -2.41. The molecule has 2 aromatic carbocycles. The number of carbonyl (C=O) groups is 2. The molecule has 2 aromatic rings. The second-order valence-corrected chi connectivity index (χ2v) is 4.88. The van der Waals surface area contributed by atoms with Gasteiger partial charge in [-0.2, -0.15) is 0 Å². The topological polar surface area (TPSA) is 113 Å². The summed E-state index contributed by atoms with van der Waals surface area (Å²) in [6, 6.07) is 14.4. The largest absolute Gasteiger partial charge is 0.376 e. The number of carbonyl (C=O) groups excluding carboxylic acids is 2. The van der Waals surface area contributed by atoms with E-state index in [0.717, 1.165) is 5.56 Å². The lowest BCUT2D eigenvalue weighted by molar-refractivity contribution is -0.384. The van der Waals surface area contributed by atoms with Gasteiger partial charge in [0, 0.05) is 24.4 Å². The highest BCUT2D eigenvalue weighted by atomic mass is 16.6. The number of rotatable bonds is 6. The van der Waals surface area contributed by atoms with Crippen molar-refractivity contribution in [2.24, 2.45) is 0 Å². The summed E-state index contributed by atoms with van der Waals surface area (Å²) in [7, 11) is 0. The van der Waals surface area contributed by atoms with E-state index in [2.05, 4.69) is 16.0 Å². The fraction of sp³-hybridized carbons (Fsp3) is 0.125. The van der Waals surface area contributed by atoms with Crippen LogP contribution >= 0.6 is 0 Å². The highest BCUT2D eigenvalue weighted by Gasteiger charge is 2.09. The van der Waals surface area contributed by atoms with Crippen LogP contribution in [0.1, 0.15) is 5.56 Å². The summed E-state index contributed by atoms with van der Waals surface area (Å²) in [6.45, 7) is 0.123. The van der Waals surface area contributed by atoms with Crippen LogP contribution in [0.4, 0.5) is 16.2 Å². The predicted molar refractivity (Wildman–Crippen MR) is 88.4 cm³/mol.